The van der Waals surface area contributed by atoms with E-state index in [1.165, 1.54) is 26.5 Å². The van der Waals surface area contributed by atoms with Crippen molar-refractivity contribution in [3.8, 4) is 0 Å². The second kappa shape index (κ2) is 6.46. The second-order valence-electron chi connectivity index (χ2n) is 5.24. The number of hydrogen-bond acceptors (Lipinski definition) is 1. The fourth-order valence-corrected chi connectivity index (χ4v) is 3.13. The molecule has 0 saturated heterocycles. The first-order valence-corrected chi connectivity index (χ1v) is 8.03. The lowest BCUT2D eigenvalue weighted by Crippen LogP contribution is -2.10. The molecule has 2 aromatic carbocycles. The molecule has 0 aliphatic carbocycles. The number of likely N-dealkylation sites (N-methyl/N-ethyl adjacent to an activating group) is 1. The van der Waals surface area contributed by atoms with Gasteiger partial charge in [-0.1, -0.05) is 52.3 Å². The van der Waals surface area contributed by atoms with Crippen LogP contribution in [-0.2, 0) is 13.0 Å². The third-order valence-electron chi connectivity index (χ3n) is 3.81. The first-order valence-electron chi connectivity index (χ1n) is 7.24. The van der Waals surface area contributed by atoms with E-state index < -0.39 is 0 Å². The van der Waals surface area contributed by atoms with E-state index in [-0.39, 0.29) is 0 Å². The maximum absolute atomic E-state index is 3.64. The summed E-state index contributed by atoms with van der Waals surface area (Å²) in [5, 5.41) is 4.59. The number of nitrogens with zero attached hydrogens (tertiary/aromatic N) is 1. The van der Waals surface area contributed by atoms with Crippen LogP contribution in [-0.4, -0.2) is 18.2 Å². The summed E-state index contributed by atoms with van der Waals surface area (Å²) in [5.41, 5.74) is 4.02. The van der Waals surface area contributed by atoms with Gasteiger partial charge in [0.05, 0.1) is 0 Å². The molecule has 0 fully saturated rings. The van der Waals surface area contributed by atoms with Crippen LogP contribution in [0.5, 0.6) is 0 Å². The number of aromatic nitrogens is 1. The fourth-order valence-electron chi connectivity index (χ4n) is 2.72. The smallest absolute Gasteiger partial charge is 0.0487 e. The Morgan fingerprint density at radius 2 is 1.76 bits per heavy atom. The average Bonchev–Trinajstić information content (AvgIpc) is 2.86. The zero-order chi connectivity index (χ0) is 14.7. The Morgan fingerprint density at radius 1 is 1.00 bits per heavy atom. The molecule has 1 heterocycles. The number of benzene rings is 2. The van der Waals surface area contributed by atoms with E-state index in [1.54, 1.807) is 0 Å². The van der Waals surface area contributed by atoms with Crippen molar-refractivity contribution in [1.29, 1.82) is 0 Å². The van der Waals surface area contributed by atoms with Crippen molar-refractivity contribution in [3.63, 3.8) is 0 Å². The predicted octanol–water partition coefficient (Wildman–Crippen LogP) is 4.21. The largest absolute Gasteiger partial charge is 0.343 e. The molecule has 3 heteroatoms. The molecule has 21 heavy (non-hydrogen) atoms. The zero-order valence-corrected chi connectivity index (χ0v) is 13.7. The van der Waals surface area contributed by atoms with Gasteiger partial charge in [-0.05, 0) is 43.3 Å². The van der Waals surface area contributed by atoms with Crippen molar-refractivity contribution in [3.05, 3.63) is 70.3 Å². The van der Waals surface area contributed by atoms with Crippen LogP contribution in [0.15, 0.2) is 59.2 Å². The number of rotatable bonds is 5. The Hall–Kier alpha value is -1.58. The van der Waals surface area contributed by atoms with Gasteiger partial charge in [0, 0.05) is 28.1 Å². The van der Waals surface area contributed by atoms with Gasteiger partial charge < -0.3 is 9.88 Å². The Kier molecular flexibility index (Phi) is 4.42. The molecule has 2 nitrogen and oxygen atoms in total. The normalized spacial score (nSPS) is 11.1. The Labute approximate surface area is 133 Å². The number of para-hydroxylation sites is 1. The molecule has 0 saturated carbocycles. The summed E-state index contributed by atoms with van der Waals surface area (Å²) >= 11 is 3.64. The van der Waals surface area contributed by atoms with Crippen LogP contribution in [0.2, 0.25) is 0 Å². The molecule has 0 bridgehead atoms. The van der Waals surface area contributed by atoms with Crippen molar-refractivity contribution in [1.82, 2.24) is 9.88 Å². The van der Waals surface area contributed by atoms with Gasteiger partial charge in [-0.15, -0.1) is 0 Å². The molecular weight excluding hydrogens is 324 g/mol. The van der Waals surface area contributed by atoms with E-state index >= 15 is 0 Å². The fraction of sp³-hybridized carbons (Fsp3) is 0.222. The van der Waals surface area contributed by atoms with Crippen LogP contribution in [0.3, 0.4) is 0 Å². The Morgan fingerprint density at radius 3 is 2.57 bits per heavy atom. The molecule has 1 N–H and O–H groups in total. The van der Waals surface area contributed by atoms with Gasteiger partial charge in [0.1, 0.15) is 0 Å². The summed E-state index contributed by atoms with van der Waals surface area (Å²) in [5.74, 6) is 0. The van der Waals surface area contributed by atoms with Crippen LogP contribution in [0.25, 0.3) is 10.9 Å². The third kappa shape index (κ3) is 3.04. The monoisotopic (exact) mass is 342 g/mol. The van der Waals surface area contributed by atoms with Gasteiger partial charge >= 0.3 is 0 Å². The van der Waals surface area contributed by atoms with Crippen molar-refractivity contribution in [2.75, 3.05) is 13.6 Å². The molecule has 3 aromatic rings. The van der Waals surface area contributed by atoms with E-state index in [4.69, 9.17) is 0 Å². The predicted molar refractivity (Wildman–Crippen MR) is 92.8 cm³/mol. The molecule has 108 valence electrons. The summed E-state index contributed by atoms with van der Waals surface area (Å²) in [6.07, 6.45) is 3.35. The van der Waals surface area contributed by atoms with Crippen molar-refractivity contribution < 1.29 is 0 Å². The average molecular weight is 343 g/mol. The number of fused-ring (bicyclic) bond motifs is 1. The third-order valence-corrected chi connectivity index (χ3v) is 4.59. The van der Waals surface area contributed by atoms with Crippen molar-refractivity contribution in [2.45, 2.75) is 13.0 Å². The van der Waals surface area contributed by atoms with Gasteiger partial charge in [-0.3, -0.25) is 0 Å². The molecular formula is C18H19BrN2. The highest BCUT2D eigenvalue weighted by atomic mass is 79.9. The molecule has 0 amide bonds. The Balaban J connectivity index is 2.00. The summed E-state index contributed by atoms with van der Waals surface area (Å²) < 4.78 is 3.51. The minimum absolute atomic E-state index is 0.890. The zero-order valence-electron chi connectivity index (χ0n) is 12.1. The van der Waals surface area contributed by atoms with Crippen molar-refractivity contribution in [2.24, 2.45) is 0 Å². The minimum atomic E-state index is 0.890. The molecule has 0 aliphatic heterocycles. The van der Waals surface area contributed by atoms with Crippen LogP contribution >= 0.6 is 15.9 Å². The van der Waals surface area contributed by atoms with Gasteiger partial charge in [0.2, 0.25) is 0 Å². The highest BCUT2D eigenvalue weighted by Crippen LogP contribution is 2.24. The first-order chi connectivity index (χ1) is 10.3. The van der Waals surface area contributed by atoms with Gasteiger partial charge in [-0.25, -0.2) is 0 Å². The van der Waals surface area contributed by atoms with Gasteiger partial charge in [0.15, 0.2) is 0 Å². The Bertz CT molecular complexity index is 746. The topological polar surface area (TPSA) is 17.0 Å². The molecule has 0 radical (unpaired) electrons. The quantitative estimate of drug-likeness (QED) is 0.734. The van der Waals surface area contributed by atoms with Crippen LogP contribution in [0.4, 0.5) is 0 Å². The highest BCUT2D eigenvalue weighted by Gasteiger charge is 2.09. The molecule has 3 rings (SSSR count). The van der Waals surface area contributed by atoms with Crippen LogP contribution < -0.4 is 5.32 Å². The van der Waals surface area contributed by atoms with Gasteiger partial charge in [-0.2, -0.15) is 0 Å². The van der Waals surface area contributed by atoms with Crippen LogP contribution in [0, 0.1) is 0 Å². The molecule has 1 aromatic heterocycles. The highest BCUT2D eigenvalue weighted by molar-refractivity contribution is 9.10. The van der Waals surface area contributed by atoms with Gasteiger partial charge in [0.25, 0.3) is 0 Å². The molecule has 0 spiro atoms. The summed E-state index contributed by atoms with van der Waals surface area (Å²) in [7, 11) is 2.00. The number of nitrogens with one attached hydrogen (secondary N) is 1. The number of hydrogen-bond donors (Lipinski definition) is 1. The lowest BCUT2D eigenvalue weighted by atomic mass is 10.1. The molecule has 0 unspecified atom stereocenters. The van der Waals surface area contributed by atoms with E-state index in [0.717, 1.165) is 19.5 Å². The standard InChI is InChI=1S/C18H19BrN2/c1-20-11-10-14-12-21(18-9-5-3-7-16(14)18)13-15-6-2-4-8-17(15)19/h2-9,12,20H,10-11,13H2,1H3. The van der Waals surface area contributed by atoms with Crippen LogP contribution in [0.1, 0.15) is 11.1 Å². The van der Waals surface area contributed by atoms with E-state index in [2.05, 4.69) is 80.5 Å². The maximum atomic E-state index is 3.64. The van der Waals surface area contributed by atoms with E-state index in [1.807, 2.05) is 7.05 Å². The number of halogens is 1. The van der Waals surface area contributed by atoms with Crippen molar-refractivity contribution >= 4 is 26.8 Å². The lowest BCUT2D eigenvalue weighted by Gasteiger charge is -2.07. The van der Waals surface area contributed by atoms with E-state index in [0.29, 0.717) is 0 Å². The SMILES string of the molecule is CNCCc1cn(Cc2ccccc2Br)c2ccccc12. The summed E-state index contributed by atoms with van der Waals surface area (Å²) in [6, 6.07) is 17.1. The molecule has 0 aliphatic rings. The molecule has 0 atom stereocenters. The first kappa shape index (κ1) is 14.4. The minimum Gasteiger partial charge on any atom is -0.343 e. The summed E-state index contributed by atoms with van der Waals surface area (Å²) in [4.78, 5) is 0. The van der Waals surface area contributed by atoms with E-state index in [9.17, 15) is 0 Å². The second-order valence-corrected chi connectivity index (χ2v) is 6.10. The lowest BCUT2D eigenvalue weighted by molar-refractivity contribution is 0.782. The summed E-state index contributed by atoms with van der Waals surface area (Å²) in [6.45, 7) is 1.89. The maximum Gasteiger partial charge on any atom is 0.0487 e.